The Morgan fingerprint density at radius 2 is 1.71 bits per heavy atom. The minimum absolute atomic E-state index is 0.301. The predicted molar refractivity (Wildman–Crippen MR) is 133 cm³/mol. The zero-order valence-electron chi connectivity index (χ0n) is 19.5. The standard InChI is InChI=1S/C27H29N3O4S/c31-18-25-17-29(24-5-6-24)19-27(34-25)10-13-30(14-11-27)35(32,33)26-7-3-20(4-8-26)22-2-1-21-9-12-28-16-23(21)15-22/h1-4,7-9,12,15-16,18,24-25H,5-6,10-11,13-14,17,19H2. The normalized spacial score (nSPS) is 23.5. The fourth-order valence-electron chi connectivity index (χ4n) is 5.49. The van der Waals surface area contributed by atoms with E-state index in [2.05, 4.69) is 16.0 Å². The summed E-state index contributed by atoms with van der Waals surface area (Å²) in [7, 11) is -3.60. The zero-order valence-corrected chi connectivity index (χ0v) is 20.4. The molecule has 0 bridgehead atoms. The second-order valence-corrected chi connectivity index (χ2v) is 11.9. The van der Waals surface area contributed by atoms with Gasteiger partial charge in [-0.1, -0.05) is 24.3 Å². The highest BCUT2D eigenvalue weighted by Gasteiger charge is 2.47. The largest absolute Gasteiger partial charge is 0.362 e. The van der Waals surface area contributed by atoms with E-state index in [1.807, 2.05) is 36.5 Å². The van der Waals surface area contributed by atoms with Crippen LogP contribution in [0.3, 0.4) is 0 Å². The van der Waals surface area contributed by atoms with Gasteiger partial charge in [-0.3, -0.25) is 9.88 Å². The van der Waals surface area contributed by atoms with Gasteiger partial charge in [0, 0.05) is 50.0 Å². The van der Waals surface area contributed by atoms with Crippen LogP contribution in [0, 0.1) is 0 Å². The topological polar surface area (TPSA) is 79.8 Å². The first kappa shape index (κ1) is 22.8. The van der Waals surface area contributed by atoms with Crippen molar-refractivity contribution in [3.05, 3.63) is 60.9 Å². The van der Waals surface area contributed by atoms with Crippen LogP contribution in [0.2, 0.25) is 0 Å². The molecule has 7 nitrogen and oxygen atoms in total. The molecule has 2 aromatic carbocycles. The first-order chi connectivity index (χ1) is 17.0. The van der Waals surface area contributed by atoms with Crippen molar-refractivity contribution < 1.29 is 17.9 Å². The lowest BCUT2D eigenvalue weighted by Gasteiger charge is -2.49. The van der Waals surface area contributed by atoms with Gasteiger partial charge in [0.25, 0.3) is 0 Å². The molecule has 0 amide bonds. The summed E-state index contributed by atoms with van der Waals surface area (Å²) in [6.45, 7) is 2.22. The number of hydrogen-bond donors (Lipinski definition) is 0. The molecule has 0 N–H and O–H groups in total. The van der Waals surface area contributed by atoms with Crippen molar-refractivity contribution in [1.82, 2.24) is 14.2 Å². The Labute approximate surface area is 205 Å². The molecule has 3 fully saturated rings. The fraction of sp³-hybridized carbons (Fsp3) is 0.407. The maximum atomic E-state index is 13.4. The zero-order chi connectivity index (χ0) is 24.0. The molecule has 3 aliphatic rings. The highest BCUT2D eigenvalue weighted by atomic mass is 32.2. The number of ether oxygens (including phenoxy) is 1. The van der Waals surface area contributed by atoms with Gasteiger partial charge in [0.2, 0.25) is 10.0 Å². The molecule has 1 spiro atoms. The van der Waals surface area contributed by atoms with Gasteiger partial charge in [0.05, 0.1) is 10.5 Å². The predicted octanol–water partition coefficient (Wildman–Crippen LogP) is 3.49. The number of carbonyl (C=O) groups is 1. The van der Waals surface area contributed by atoms with Crippen LogP contribution in [0.1, 0.15) is 25.7 Å². The van der Waals surface area contributed by atoms with Crippen LogP contribution >= 0.6 is 0 Å². The first-order valence-electron chi connectivity index (χ1n) is 12.3. The Hall–Kier alpha value is -2.65. The number of rotatable bonds is 5. The molecule has 1 unspecified atom stereocenters. The van der Waals surface area contributed by atoms with Gasteiger partial charge >= 0.3 is 0 Å². The van der Waals surface area contributed by atoms with E-state index in [1.165, 1.54) is 12.8 Å². The summed E-state index contributed by atoms with van der Waals surface area (Å²) in [5, 5.41) is 2.17. The second kappa shape index (κ2) is 8.78. The summed E-state index contributed by atoms with van der Waals surface area (Å²) in [4.78, 5) is 18.4. The molecule has 0 radical (unpaired) electrons. The summed E-state index contributed by atoms with van der Waals surface area (Å²) >= 11 is 0. The Balaban J connectivity index is 1.17. The summed E-state index contributed by atoms with van der Waals surface area (Å²) in [6, 6.07) is 15.8. The van der Waals surface area contributed by atoms with Gasteiger partial charge in [-0.2, -0.15) is 4.31 Å². The summed E-state index contributed by atoms with van der Waals surface area (Å²) < 4.78 is 34.5. The molecule has 3 aromatic rings. The van der Waals surface area contributed by atoms with E-state index in [-0.39, 0.29) is 0 Å². The number of carbonyl (C=O) groups excluding carboxylic acids is 1. The smallest absolute Gasteiger partial charge is 0.243 e. The average Bonchev–Trinajstić information content (AvgIpc) is 3.74. The molecule has 6 rings (SSSR count). The van der Waals surface area contributed by atoms with E-state index in [0.29, 0.717) is 43.4 Å². The number of hydrogen-bond acceptors (Lipinski definition) is 6. The lowest BCUT2D eigenvalue weighted by atomic mass is 9.89. The molecule has 1 saturated carbocycles. The second-order valence-electron chi connectivity index (χ2n) is 10.0. The number of benzene rings is 2. The van der Waals surface area contributed by atoms with Crippen molar-refractivity contribution in [1.29, 1.82) is 0 Å². The minimum Gasteiger partial charge on any atom is -0.362 e. The highest BCUT2D eigenvalue weighted by molar-refractivity contribution is 7.89. The number of piperidine rings is 1. The fourth-order valence-corrected chi connectivity index (χ4v) is 6.93. The SMILES string of the molecule is O=CC1CN(C2CC2)CC2(CCN(S(=O)(=O)c3ccc(-c4ccc5ccncc5c4)cc3)CC2)O1. The van der Waals surface area contributed by atoms with Crippen molar-refractivity contribution >= 4 is 27.1 Å². The number of pyridine rings is 1. The number of aromatic nitrogens is 1. The van der Waals surface area contributed by atoms with E-state index >= 15 is 0 Å². The van der Waals surface area contributed by atoms with Crippen molar-refractivity contribution in [2.24, 2.45) is 0 Å². The summed E-state index contributed by atoms with van der Waals surface area (Å²) in [5.41, 5.74) is 1.55. The van der Waals surface area contributed by atoms with Crippen LogP contribution in [0.5, 0.6) is 0 Å². The van der Waals surface area contributed by atoms with Gasteiger partial charge in [-0.25, -0.2) is 8.42 Å². The van der Waals surface area contributed by atoms with Crippen molar-refractivity contribution in [3.63, 3.8) is 0 Å². The monoisotopic (exact) mass is 491 g/mol. The van der Waals surface area contributed by atoms with Crippen molar-refractivity contribution in [2.75, 3.05) is 26.2 Å². The summed E-state index contributed by atoms with van der Waals surface area (Å²) in [6.07, 6.45) is 7.62. The molecule has 35 heavy (non-hydrogen) atoms. The van der Waals surface area contributed by atoms with E-state index in [4.69, 9.17) is 4.74 Å². The van der Waals surface area contributed by atoms with Gasteiger partial charge in [0.15, 0.2) is 0 Å². The minimum atomic E-state index is -3.60. The van der Waals surface area contributed by atoms with Crippen LogP contribution in [0.4, 0.5) is 0 Å². The van der Waals surface area contributed by atoms with Gasteiger partial charge in [-0.15, -0.1) is 0 Å². The Kier molecular flexibility index (Phi) is 5.72. The third-order valence-electron chi connectivity index (χ3n) is 7.62. The maximum Gasteiger partial charge on any atom is 0.243 e. The molecular weight excluding hydrogens is 462 g/mol. The van der Waals surface area contributed by atoms with Crippen LogP contribution in [0.25, 0.3) is 21.9 Å². The van der Waals surface area contributed by atoms with E-state index in [1.54, 1.807) is 22.6 Å². The van der Waals surface area contributed by atoms with Crippen molar-refractivity contribution in [2.45, 2.75) is 48.3 Å². The third kappa shape index (κ3) is 4.40. The van der Waals surface area contributed by atoms with Crippen LogP contribution in [-0.2, 0) is 19.6 Å². The molecule has 2 aliphatic heterocycles. The molecule has 182 valence electrons. The van der Waals surface area contributed by atoms with Crippen LogP contribution in [-0.4, -0.2) is 72.8 Å². The number of nitrogens with zero attached hydrogens (tertiary/aromatic N) is 3. The number of morpholine rings is 1. The van der Waals surface area contributed by atoms with E-state index in [9.17, 15) is 13.2 Å². The van der Waals surface area contributed by atoms with Gasteiger partial charge in [0.1, 0.15) is 12.4 Å². The molecular formula is C27H29N3O4S. The van der Waals surface area contributed by atoms with Crippen LogP contribution < -0.4 is 0 Å². The maximum absolute atomic E-state index is 13.4. The van der Waals surface area contributed by atoms with E-state index < -0.39 is 21.7 Å². The molecule has 1 aliphatic carbocycles. The lowest BCUT2D eigenvalue weighted by molar-refractivity contribution is -0.174. The Morgan fingerprint density at radius 1 is 0.971 bits per heavy atom. The van der Waals surface area contributed by atoms with Crippen LogP contribution in [0.15, 0.2) is 65.8 Å². The molecule has 1 aromatic heterocycles. The third-order valence-corrected chi connectivity index (χ3v) is 9.53. The quantitative estimate of drug-likeness (QED) is 0.509. The highest BCUT2D eigenvalue weighted by Crippen LogP contribution is 2.38. The van der Waals surface area contributed by atoms with Gasteiger partial charge < -0.3 is 9.53 Å². The average molecular weight is 492 g/mol. The molecule has 1 atom stereocenters. The number of fused-ring (bicyclic) bond motifs is 1. The Morgan fingerprint density at radius 3 is 2.43 bits per heavy atom. The summed E-state index contributed by atoms with van der Waals surface area (Å²) in [5.74, 6) is 0. The first-order valence-corrected chi connectivity index (χ1v) is 13.7. The lowest BCUT2D eigenvalue weighted by Crippen LogP contribution is -2.60. The molecule has 2 saturated heterocycles. The number of sulfonamides is 1. The number of aldehydes is 1. The molecule has 3 heterocycles. The van der Waals surface area contributed by atoms with Crippen molar-refractivity contribution in [3.8, 4) is 11.1 Å². The van der Waals surface area contributed by atoms with E-state index in [0.717, 1.165) is 34.7 Å². The Bertz CT molecular complexity index is 1350. The van der Waals surface area contributed by atoms with Gasteiger partial charge in [-0.05, 0) is 66.5 Å². The molecule has 8 heteroatoms.